The highest BCUT2D eigenvalue weighted by atomic mass is 16.5. The monoisotopic (exact) mass is 386 g/mol. The molecular formula is C20H30N6O2. The quantitative estimate of drug-likeness (QED) is 0.838. The highest BCUT2D eigenvalue weighted by Crippen LogP contribution is 2.30. The number of hydrogen-bond donors (Lipinski definition) is 1. The van der Waals surface area contributed by atoms with Gasteiger partial charge in [-0.1, -0.05) is 19.0 Å². The Morgan fingerprint density at radius 1 is 1.18 bits per heavy atom. The van der Waals surface area contributed by atoms with Gasteiger partial charge in [-0.05, 0) is 38.5 Å². The molecule has 152 valence electrons. The number of hydrogen-bond acceptors (Lipinski definition) is 8. The number of nitrogens with one attached hydrogen (secondary N) is 1. The van der Waals surface area contributed by atoms with Crippen LogP contribution in [0, 0.1) is 12.8 Å². The first-order valence-electron chi connectivity index (χ1n) is 10.4. The third kappa shape index (κ3) is 4.27. The number of aromatic nitrogens is 4. The molecule has 8 nitrogen and oxygen atoms in total. The van der Waals surface area contributed by atoms with Crippen molar-refractivity contribution in [2.45, 2.75) is 64.5 Å². The minimum Gasteiger partial charge on any atom is -0.376 e. The van der Waals surface area contributed by atoms with Gasteiger partial charge in [0.15, 0.2) is 5.82 Å². The third-order valence-electron chi connectivity index (χ3n) is 5.72. The van der Waals surface area contributed by atoms with Crippen molar-refractivity contribution in [2.75, 3.05) is 29.9 Å². The molecule has 4 heterocycles. The summed E-state index contributed by atoms with van der Waals surface area (Å²) in [7, 11) is 0. The summed E-state index contributed by atoms with van der Waals surface area (Å²) >= 11 is 0. The summed E-state index contributed by atoms with van der Waals surface area (Å²) in [5, 5.41) is 7.51. The van der Waals surface area contributed by atoms with Gasteiger partial charge in [0.05, 0.1) is 12.1 Å². The number of rotatable bonds is 5. The van der Waals surface area contributed by atoms with Crippen molar-refractivity contribution in [3.8, 4) is 0 Å². The second-order valence-electron chi connectivity index (χ2n) is 8.18. The first-order valence-corrected chi connectivity index (χ1v) is 10.4. The maximum Gasteiger partial charge on any atom is 0.229 e. The van der Waals surface area contributed by atoms with Gasteiger partial charge in [0.25, 0.3) is 0 Å². The lowest BCUT2D eigenvalue weighted by atomic mass is 9.93. The fraction of sp³-hybridized carbons (Fsp3) is 0.700. The summed E-state index contributed by atoms with van der Waals surface area (Å²) in [6.07, 6.45) is 6.04. The van der Waals surface area contributed by atoms with E-state index >= 15 is 0 Å². The van der Waals surface area contributed by atoms with E-state index in [1.54, 1.807) is 6.33 Å². The molecule has 0 amide bonds. The summed E-state index contributed by atoms with van der Waals surface area (Å²) < 4.78 is 11.3. The van der Waals surface area contributed by atoms with Crippen LogP contribution in [-0.4, -0.2) is 52.0 Å². The molecule has 0 bridgehead atoms. The molecule has 0 spiro atoms. The van der Waals surface area contributed by atoms with E-state index in [4.69, 9.17) is 9.26 Å². The number of anilines is 2. The molecule has 0 radical (unpaired) electrons. The Labute approximate surface area is 166 Å². The molecule has 2 aromatic rings. The topological polar surface area (TPSA) is 89.2 Å². The molecule has 28 heavy (non-hydrogen) atoms. The van der Waals surface area contributed by atoms with Crippen LogP contribution in [0.1, 0.15) is 57.2 Å². The summed E-state index contributed by atoms with van der Waals surface area (Å²) in [5.41, 5.74) is 0. The van der Waals surface area contributed by atoms with E-state index in [0.717, 1.165) is 62.9 Å². The van der Waals surface area contributed by atoms with Crippen LogP contribution in [-0.2, 0) is 4.74 Å². The summed E-state index contributed by atoms with van der Waals surface area (Å²) in [5.74, 6) is 4.13. The maximum atomic E-state index is 5.99. The van der Waals surface area contributed by atoms with Crippen LogP contribution >= 0.6 is 0 Å². The molecule has 0 aromatic carbocycles. The first-order chi connectivity index (χ1) is 13.6. The Bertz CT molecular complexity index is 772. The van der Waals surface area contributed by atoms with Crippen LogP contribution in [0.4, 0.5) is 11.6 Å². The van der Waals surface area contributed by atoms with Gasteiger partial charge in [0.2, 0.25) is 5.89 Å². The van der Waals surface area contributed by atoms with Crippen molar-refractivity contribution in [3.05, 3.63) is 24.1 Å². The third-order valence-corrected chi connectivity index (χ3v) is 5.72. The molecule has 0 aliphatic carbocycles. The smallest absolute Gasteiger partial charge is 0.229 e. The SMILES string of the molecule is Cc1noc(C2CCN(c3cc(NC4CCCOC4C(C)C)ncn3)CC2)n1. The Balaban J connectivity index is 1.39. The van der Waals surface area contributed by atoms with E-state index in [2.05, 4.69) is 50.2 Å². The minimum atomic E-state index is 0.223. The van der Waals surface area contributed by atoms with Crippen LogP contribution in [0.25, 0.3) is 0 Å². The lowest BCUT2D eigenvalue weighted by Gasteiger charge is -2.35. The predicted molar refractivity (Wildman–Crippen MR) is 106 cm³/mol. The molecule has 2 unspecified atom stereocenters. The van der Waals surface area contributed by atoms with Gasteiger partial charge in [-0.3, -0.25) is 0 Å². The van der Waals surface area contributed by atoms with Crippen molar-refractivity contribution in [3.63, 3.8) is 0 Å². The van der Waals surface area contributed by atoms with Crippen LogP contribution in [0.5, 0.6) is 0 Å². The number of ether oxygens (including phenoxy) is 1. The van der Waals surface area contributed by atoms with E-state index in [0.29, 0.717) is 23.7 Å². The first kappa shape index (κ1) is 19.1. The Hall–Kier alpha value is -2.22. The fourth-order valence-electron chi connectivity index (χ4n) is 4.24. The van der Waals surface area contributed by atoms with E-state index in [9.17, 15) is 0 Å². The van der Waals surface area contributed by atoms with Gasteiger partial charge in [0.1, 0.15) is 18.0 Å². The zero-order chi connectivity index (χ0) is 19.5. The van der Waals surface area contributed by atoms with Crippen LogP contribution in [0.2, 0.25) is 0 Å². The fourth-order valence-corrected chi connectivity index (χ4v) is 4.24. The molecule has 2 saturated heterocycles. The van der Waals surface area contributed by atoms with Crippen LogP contribution < -0.4 is 10.2 Å². The molecule has 4 rings (SSSR count). The molecule has 2 aliphatic heterocycles. The molecule has 2 atom stereocenters. The molecule has 1 N–H and O–H groups in total. The average Bonchev–Trinajstić information content (AvgIpc) is 3.15. The lowest BCUT2D eigenvalue weighted by Crippen LogP contribution is -2.43. The molecule has 8 heteroatoms. The van der Waals surface area contributed by atoms with E-state index in [1.165, 1.54) is 0 Å². The molecule has 0 saturated carbocycles. The second kappa shape index (κ2) is 8.43. The Morgan fingerprint density at radius 2 is 2.00 bits per heavy atom. The van der Waals surface area contributed by atoms with Crippen LogP contribution in [0.15, 0.2) is 16.9 Å². The van der Waals surface area contributed by atoms with Gasteiger partial charge < -0.3 is 19.5 Å². The highest BCUT2D eigenvalue weighted by molar-refractivity contribution is 5.49. The number of piperidine rings is 1. The Morgan fingerprint density at radius 3 is 2.71 bits per heavy atom. The molecule has 2 aromatic heterocycles. The lowest BCUT2D eigenvalue weighted by molar-refractivity contribution is -0.0203. The normalized spacial score (nSPS) is 23.9. The Kier molecular flexibility index (Phi) is 5.75. The maximum absolute atomic E-state index is 5.99. The highest BCUT2D eigenvalue weighted by Gasteiger charge is 2.29. The van der Waals surface area contributed by atoms with Crippen molar-refractivity contribution >= 4 is 11.6 Å². The van der Waals surface area contributed by atoms with Crippen molar-refractivity contribution in [1.82, 2.24) is 20.1 Å². The average molecular weight is 387 g/mol. The molecule has 2 aliphatic rings. The molecular weight excluding hydrogens is 356 g/mol. The van der Waals surface area contributed by atoms with Crippen molar-refractivity contribution < 1.29 is 9.26 Å². The van der Waals surface area contributed by atoms with E-state index < -0.39 is 0 Å². The minimum absolute atomic E-state index is 0.223. The number of nitrogens with zero attached hydrogens (tertiary/aromatic N) is 5. The summed E-state index contributed by atoms with van der Waals surface area (Å²) in [6.45, 7) is 8.98. The zero-order valence-electron chi connectivity index (χ0n) is 17.0. The number of aryl methyl sites for hydroxylation is 1. The van der Waals surface area contributed by atoms with E-state index in [-0.39, 0.29) is 6.10 Å². The predicted octanol–water partition coefficient (Wildman–Crippen LogP) is 3.17. The van der Waals surface area contributed by atoms with E-state index in [1.807, 2.05) is 6.92 Å². The zero-order valence-corrected chi connectivity index (χ0v) is 17.0. The van der Waals surface area contributed by atoms with Gasteiger partial charge in [-0.2, -0.15) is 4.98 Å². The van der Waals surface area contributed by atoms with Gasteiger partial charge in [-0.25, -0.2) is 9.97 Å². The standard InChI is InChI=1S/C20H30N6O2/c1-13(2)19-16(5-4-10-27-19)24-17-11-18(22-12-21-17)26-8-6-15(7-9-26)20-23-14(3)25-28-20/h11-13,15-16,19H,4-10H2,1-3H3,(H,21,22,24). The van der Waals surface area contributed by atoms with Gasteiger partial charge in [0, 0.05) is 31.7 Å². The molecule has 2 fully saturated rings. The largest absolute Gasteiger partial charge is 0.376 e. The van der Waals surface area contributed by atoms with Crippen molar-refractivity contribution in [1.29, 1.82) is 0 Å². The second-order valence-corrected chi connectivity index (χ2v) is 8.18. The van der Waals surface area contributed by atoms with Gasteiger partial charge >= 0.3 is 0 Å². The summed E-state index contributed by atoms with van der Waals surface area (Å²) in [4.78, 5) is 15.7. The van der Waals surface area contributed by atoms with Crippen molar-refractivity contribution in [2.24, 2.45) is 5.92 Å². The van der Waals surface area contributed by atoms with Crippen LogP contribution in [0.3, 0.4) is 0 Å². The summed E-state index contributed by atoms with van der Waals surface area (Å²) in [6, 6.07) is 2.35. The van der Waals surface area contributed by atoms with Gasteiger partial charge in [-0.15, -0.1) is 0 Å².